The zero-order valence-electron chi connectivity index (χ0n) is 13.3. The second-order valence-electron chi connectivity index (χ2n) is 6.27. The van der Waals surface area contributed by atoms with Gasteiger partial charge in [-0.25, -0.2) is 4.79 Å². The Morgan fingerprint density at radius 2 is 1.52 bits per heavy atom. The van der Waals surface area contributed by atoms with E-state index in [1.807, 2.05) is 0 Å². The van der Waals surface area contributed by atoms with Crippen molar-refractivity contribution in [3.8, 4) is 0 Å². The number of carbonyl (C=O) groups excluding carboxylic acids is 3. The molecule has 144 valence electrons. The Labute approximate surface area is 139 Å². The quantitative estimate of drug-likeness (QED) is 0.415. The van der Waals surface area contributed by atoms with E-state index in [0.29, 0.717) is 0 Å². The normalized spacial score (nSPS) is 21.9. The van der Waals surface area contributed by atoms with Crippen LogP contribution in [0.3, 0.4) is 0 Å². The summed E-state index contributed by atoms with van der Waals surface area (Å²) in [6.45, 7) is 3.66. The molecule has 1 amide bonds. The van der Waals surface area contributed by atoms with E-state index < -0.39 is 63.6 Å². The second kappa shape index (κ2) is 6.84. The van der Waals surface area contributed by atoms with Crippen molar-refractivity contribution >= 4 is 26.2 Å². The van der Waals surface area contributed by atoms with Crippen LogP contribution in [-0.4, -0.2) is 62.1 Å². The van der Waals surface area contributed by atoms with Gasteiger partial charge in [-0.15, -0.1) is 0 Å². The van der Waals surface area contributed by atoms with Gasteiger partial charge in [-0.05, 0) is 19.6 Å². The van der Waals surface area contributed by atoms with Crippen molar-refractivity contribution in [3.05, 3.63) is 0 Å². The summed E-state index contributed by atoms with van der Waals surface area (Å²) < 4.78 is 83.6. The Bertz CT molecular complexity index is 556. The smallest absolute Gasteiger partial charge is 0.490 e. The van der Waals surface area contributed by atoms with E-state index in [9.17, 15) is 40.7 Å². The Kier molecular flexibility index (Phi) is 5.82. The minimum atomic E-state index is -5.35. The zero-order chi connectivity index (χ0) is 19.8. The maximum absolute atomic E-state index is 12.6. The van der Waals surface area contributed by atoms with Gasteiger partial charge < -0.3 is 14.1 Å². The number of likely N-dealkylation sites (tertiary alicyclic amines) is 1. The summed E-state index contributed by atoms with van der Waals surface area (Å²) in [5, 5.41) is 0. The van der Waals surface area contributed by atoms with Crippen LogP contribution >= 0.6 is 0 Å². The Morgan fingerprint density at radius 3 is 1.92 bits per heavy atom. The van der Waals surface area contributed by atoms with Crippen LogP contribution in [0, 0.1) is 0 Å². The third kappa shape index (κ3) is 5.90. The number of halogens is 6. The molecule has 1 saturated heterocycles. The van der Waals surface area contributed by atoms with Crippen LogP contribution in [0.2, 0.25) is 19.6 Å². The topological polar surface area (TPSA) is 72.9 Å². The van der Waals surface area contributed by atoms with Crippen molar-refractivity contribution in [2.24, 2.45) is 0 Å². The van der Waals surface area contributed by atoms with Crippen LogP contribution in [0.4, 0.5) is 26.3 Å². The number of amides is 1. The highest BCUT2D eigenvalue weighted by atomic mass is 28.4. The first-order valence-electron chi connectivity index (χ1n) is 6.91. The minimum Gasteiger partial charge on any atom is -0.518 e. The van der Waals surface area contributed by atoms with Crippen LogP contribution in [-0.2, 0) is 23.5 Å². The van der Waals surface area contributed by atoms with Gasteiger partial charge in [-0.2, -0.15) is 26.3 Å². The number of hydrogen-bond acceptors (Lipinski definition) is 5. The molecule has 2 unspecified atom stereocenters. The molecule has 0 aromatic carbocycles. The first-order valence-corrected chi connectivity index (χ1v) is 10.3. The van der Waals surface area contributed by atoms with Crippen LogP contribution in [0.15, 0.2) is 0 Å². The average molecular weight is 395 g/mol. The molecule has 0 bridgehead atoms. The molecule has 0 radical (unpaired) electrons. The molecule has 6 nitrogen and oxygen atoms in total. The maximum atomic E-state index is 12.6. The number of alkyl halides is 6. The monoisotopic (exact) mass is 395 g/mol. The molecule has 2 atom stereocenters. The van der Waals surface area contributed by atoms with Crippen molar-refractivity contribution in [2.45, 2.75) is 50.6 Å². The molecule has 1 rings (SSSR count). The van der Waals surface area contributed by atoms with Gasteiger partial charge in [0.15, 0.2) is 0 Å². The highest BCUT2D eigenvalue weighted by Crippen LogP contribution is 2.30. The first-order chi connectivity index (χ1) is 11.0. The Balaban J connectivity index is 2.99. The van der Waals surface area contributed by atoms with E-state index in [1.165, 1.54) is 0 Å². The van der Waals surface area contributed by atoms with Crippen LogP contribution in [0.25, 0.3) is 0 Å². The lowest BCUT2D eigenvalue weighted by Gasteiger charge is -2.26. The average Bonchev–Trinajstić information content (AvgIpc) is 2.77. The molecule has 0 spiro atoms. The van der Waals surface area contributed by atoms with E-state index in [0.717, 1.165) is 0 Å². The molecule has 0 aromatic rings. The van der Waals surface area contributed by atoms with Gasteiger partial charge in [0, 0.05) is 6.42 Å². The van der Waals surface area contributed by atoms with Crippen molar-refractivity contribution in [2.75, 3.05) is 6.54 Å². The highest BCUT2D eigenvalue weighted by molar-refractivity contribution is 6.71. The molecule has 1 aliphatic heterocycles. The molecule has 25 heavy (non-hydrogen) atoms. The van der Waals surface area contributed by atoms with Gasteiger partial charge in [-0.1, -0.05) is 0 Å². The summed E-state index contributed by atoms with van der Waals surface area (Å²) in [7, 11) is -2.54. The lowest BCUT2D eigenvalue weighted by Crippen LogP contribution is -2.49. The predicted octanol–water partition coefficient (Wildman–Crippen LogP) is 2.00. The lowest BCUT2D eigenvalue weighted by molar-refractivity contribution is -0.204. The van der Waals surface area contributed by atoms with Gasteiger partial charge >= 0.3 is 30.2 Å². The summed E-state index contributed by atoms with van der Waals surface area (Å²) in [6, 6.07) is -1.79. The minimum absolute atomic E-state index is 0.0246. The molecule has 1 heterocycles. The van der Waals surface area contributed by atoms with E-state index >= 15 is 0 Å². The fourth-order valence-electron chi connectivity index (χ4n) is 2.08. The number of rotatable bonds is 3. The molecule has 1 fully saturated rings. The highest BCUT2D eigenvalue weighted by Gasteiger charge is 2.53. The maximum Gasteiger partial charge on any atom is 0.490 e. The third-order valence-electron chi connectivity index (χ3n) is 2.95. The van der Waals surface area contributed by atoms with Gasteiger partial charge in [0.05, 0.1) is 6.54 Å². The molecule has 0 saturated carbocycles. The summed E-state index contributed by atoms with van der Waals surface area (Å²) in [5.74, 6) is -6.21. The van der Waals surface area contributed by atoms with Crippen molar-refractivity contribution < 1.29 is 49.9 Å². The van der Waals surface area contributed by atoms with Gasteiger partial charge in [0.1, 0.15) is 12.1 Å². The van der Waals surface area contributed by atoms with Crippen LogP contribution < -0.4 is 0 Å². The molecule has 1 aliphatic rings. The lowest BCUT2D eigenvalue weighted by atomic mass is 10.2. The fourth-order valence-corrected chi connectivity index (χ4v) is 2.82. The van der Waals surface area contributed by atoms with Crippen LogP contribution in [0.1, 0.15) is 6.42 Å². The molecule has 13 heteroatoms. The first kappa shape index (κ1) is 21.2. The van der Waals surface area contributed by atoms with Gasteiger partial charge in [-0.3, -0.25) is 9.59 Å². The Hall–Kier alpha value is -1.79. The molecule has 0 aliphatic carbocycles. The van der Waals surface area contributed by atoms with E-state index in [1.54, 1.807) is 19.6 Å². The van der Waals surface area contributed by atoms with Crippen molar-refractivity contribution in [1.82, 2.24) is 4.90 Å². The van der Waals surface area contributed by atoms with Crippen LogP contribution in [0.5, 0.6) is 0 Å². The number of ether oxygens (including phenoxy) is 1. The number of esters is 1. The van der Waals surface area contributed by atoms with E-state index in [2.05, 4.69) is 4.74 Å². The van der Waals surface area contributed by atoms with Gasteiger partial charge in [0.25, 0.3) is 0 Å². The summed E-state index contributed by atoms with van der Waals surface area (Å²) in [6.07, 6.45) is -13.1. The van der Waals surface area contributed by atoms with E-state index in [-0.39, 0.29) is 4.90 Å². The molecular weight excluding hydrogens is 380 g/mol. The summed E-state index contributed by atoms with van der Waals surface area (Å²) in [4.78, 5) is 34.3. The molecule has 0 aromatic heterocycles. The Morgan fingerprint density at radius 1 is 1.00 bits per heavy atom. The van der Waals surface area contributed by atoms with E-state index in [4.69, 9.17) is 4.43 Å². The standard InChI is InChI=1S/C12H15F6NO5Si/c1-25(2,3)24-8(20)7-4-6(23-10(22)12(16,17)18)5-19(7)9(21)11(13,14)15/h6-7H,4-5H2,1-3H3. The largest absolute Gasteiger partial charge is 0.518 e. The number of carbonyl (C=O) groups is 3. The zero-order valence-corrected chi connectivity index (χ0v) is 14.3. The number of hydrogen-bond donors (Lipinski definition) is 0. The fraction of sp³-hybridized carbons (Fsp3) is 0.750. The third-order valence-corrected chi connectivity index (χ3v) is 3.76. The summed E-state index contributed by atoms with van der Waals surface area (Å²) >= 11 is 0. The molecular formula is C12H15F6NO5Si. The van der Waals surface area contributed by atoms with Crippen molar-refractivity contribution in [3.63, 3.8) is 0 Å². The molecule has 0 N–H and O–H groups in total. The second-order valence-corrected chi connectivity index (χ2v) is 10.7. The van der Waals surface area contributed by atoms with Crippen molar-refractivity contribution in [1.29, 1.82) is 0 Å². The summed E-state index contributed by atoms with van der Waals surface area (Å²) in [5.41, 5.74) is 0. The SMILES string of the molecule is C[Si](C)(C)OC(=O)C1CC(OC(=O)C(F)(F)F)CN1C(=O)C(F)(F)F. The number of nitrogens with zero attached hydrogens (tertiary/aromatic N) is 1. The van der Waals surface area contributed by atoms with Gasteiger partial charge in [0.2, 0.25) is 8.32 Å². The predicted molar refractivity (Wildman–Crippen MR) is 71.5 cm³/mol.